The average molecular weight is 304 g/mol. The first kappa shape index (κ1) is 15.8. The molecule has 0 aromatic carbocycles. The molecule has 2 aliphatic heterocycles. The number of hydrogen-bond donors (Lipinski definition) is 1. The smallest absolute Gasteiger partial charge is 0.226 e. The Labute approximate surface area is 133 Å². The molecule has 2 saturated heterocycles. The summed E-state index contributed by atoms with van der Waals surface area (Å²) in [6.45, 7) is 7.59. The zero-order valence-electron chi connectivity index (χ0n) is 13.8. The lowest BCUT2D eigenvalue weighted by Crippen LogP contribution is -2.55. The molecule has 0 aromatic rings. The zero-order chi connectivity index (χ0) is 15.7. The van der Waals surface area contributed by atoms with Gasteiger partial charge in [0.1, 0.15) is 5.72 Å². The fourth-order valence-electron chi connectivity index (χ4n) is 4.11. The van der Waals surface area contributed by atoms with E-state index in [9.17, 15) is 9.90 Å². The molecule has 2 fully saturated rings. The Kier molecular flexibility index (Phi) is 4.42. The highest BCUT2D eigenvalue weighted by molar-refractivity contribution is 5.79. The molecule has 1 amide bonds. The van der Waals surface area contributed by atoms with E-state index in [2.05, 4.69) is 11.0 Å². The Balaban J connectivity index is 1.83. The topological polar surface area (TPSA) is 43.8 Å². The summed E-state index contributed by atoms with van der Waals surface area (Å²) >= 11 is 0. The number of carbonyl (C=O) groups excluding carboxylic acids is 1. The number of amides is 1. The summed E-state index contributed by atoms with van der Waals surface area (Å²) in [7, 11) is 0. The third kappa shape index (κ3) is 2.74. The Morgan fingerprint density at radius 3 is 2.45 bits per heavy atom. The molecule has 0 bridgehead atoms. The molecule has 1 N–H and O–H groups in total. The van der Waals surface area contributed by atoms with Gasteiger partial charge in [-0.25, -0.2) is 0 Å². The lowest BCUT2D eigenvalue weighted by atomic mass is 9.78. The lowest BCUT2D eigenvalue weighted by molar-refractivity contribution is -0.145. The van der Waals surface area contributed by atoms with Gasteiger partial charge in [-0.15, -0.1) is 0 Å². The lowest BCUT2D eigenvalue weighted by Gasteiger charge is -2.44. The molecule has 0 spiro atoms. The Morgan fingerprint density at radius 1 is 1.23 bits per heavy atom. The van der Waals surface area contributed by atoms with Crippen LogP contribution in [0.4, 0.5) is 0 Å². The normalized spacial score (nSPS) is 34.0. The van der Waals surface area contributed by atoms with Crippen LogP contribution in [0.5, 0.6) is 0 Å². The van der Waals surface area contributed by atoms with Crippen molar-refractivity contribution in [2.45, 2.75) is 45.3 Å². The maximum atomic E-state index is 12.8. The van der Waals surface area contributed by atoms with Gasteiger partial charge < -0.3 is 10.0 Å². The fourth-order valence-corrected chi connectivity index (χ4v) is 4.11. The second kappa shape index (κ2) is 6.17. The predicted octanol–water partition coefficient (Wildman–Crippen LogP) is 2.16. The van der Waals surface area contributed by atoms with Crippen LogP contribution in [0.3, 0.4) is 0 Å². The third-order valence-corrected chi connectivity index (χ3v) is 5.48. The number of allylic oxidation sites excluding steroid dienone is 2. The molecular weight excluding hydrogens is 276 g/mol. The summed E-state index contributed by atoms with van der Waals surface area (Å²) in [5.41, 5.74) is 0.125. The van der Waals surface area contributed by atoms with Gasteiger partial charge in [-0.05, 0) is 38.7 Å². The quantitative estimate of drug-likeness (QED) is 0.869. The summed E-state index contributed by atoms with van der Waals surface area (Å²) < 4.78 is 0. The van der Waals surface area contributed by atoms with Crippen LogP contribution in [0.1, 0.15) is 39.5 Å². The summed E-state index contributed by atoms with van der Waals surface area (Å²) in [4.78, 5) is 16.9. The van der Waals surface area contributed by atoms with Crippen molar-refractivity contribution >= 4 is 5.91 Å². The zero-order valence-corrected chi connectivity index (χ0v) is 13.8. The number of carbonyl (C=O) groups is 1. The van der Waals surface area contributed by atoms with Crippen LogP contribution in [0.2, 0.25) is 0 Å². The van der Waals surface area contributed by atoms with Crippen LogP contribution >= 0.6 is 0 Å². The Bertz CT molecular complexity index is 487. The van der Waals surface area contributed by atoms with Crippen LogP contribution < -0.4 is 0 Å². The summed E-state index contributed by atoms with van der Waals surface area (Å²) in [6, 6.07) is 0. The van der Waals surface area contributed by atoms with E-state index in [0.717, 1.165) is 57.4 Å². The van der Waals surface area contributed by atoms with E-state index < -0.39 is 5.72 Å². The first-order chi connectivity index (χ1) is 10.5. The van der Waals surface area contributed by atoms with Crippen molar-refractivity contribution in [1.29, 1.82) is 0 Å². The summed E-state index contributed by atoms with van der Waals surface area (Å²) in [6.07, 6.45) is 10.5. The van der Waals surface area contributed by atoms with E-state index in [0.29, 0.717) is 0 Å². The van der Waals surface area contributed by atoms with Crippen LogP contribution in [0.15, 0.2) is 23.8 Å². The first-order valence-corrected chi connectivity index (χ1v) is 8.66. The van der Waals surface area contributed by atoms with Crippen molar-refractivity contribution < 1.29 is 9.90 Å². The SMILES string of the molecule is CC1=CC(C(C)C(=O)N2CCCC2)C(O)(N2CCCC2)C=C1. The molecule has 3 unspecified atom stereocenters. The molecule has 4 nitrogen and oxygen atoms in total. The van der Waals surface area contributed by atoms with Gasteiger partial charge in [-0.3, -0.25) is 9.69 Å². The van der Waals surface area contributed by atoms with Gasteiger partial charge in [-0.2, -0.15) is 0 Å². The van der Waals surface area contributed by atoms with Crippen LogP contribution in [0, 0.1) is 11.8 Å². The van der Waals surface area contributed by atoms with E-state index >= 15 is 0 Å². The highest BCUT2D eigenvalue weighted by Gasteiger charge is 2.46. The van der Waals surface area contributed by atoms with Crippen molar-refractivity contribution in [2.24, 2.45) is 11.8 Å². The van der Waals surface area contributed by atoms with Gasteiger partial charge in [0, 0.05) is 38.0 Å². The molecule has 1 aliphatic carbocycles. The van der Waals surface area contributed by atoms with E-state index in [1.807, 2.05) is 30.9 Å². The van der Waals surface area contributed by atoms with Gasteiger partial charge in [0.15, 0.2) is 0 Å². The van der Waals surface area contributed by atoms with Gasteiger partial charge in [0.05, 0.1) is 0 Å². The number of aliphatic hydroxyl groups is 1. The van der Waals surface area contributed by atoms with Gasteiger partial charge in [-0.1, -0.05) is 24.6 Å². The van der Waals surface area contributed by atoms with Crippen LogP contribution in [-0.2, 0) is 4.79 Å². The fraction of sp³-hybridized carbons (Fsp3) is 0.722. The molecule has 122 valence electrons. The van der Waals surface area contributed by atoms with E-state index in [1.54, 1.807) is 0 Å². The molecule has 0 aromatic heterocycles. The molecule has 22 heavy (non-hydrogen) atoms. The monoisotopic (exact) mass is 304 g/mol. The number of hydrogen-bond acceptors (Lipinski definition) is 3. The number of likely N-dealkylation sites (tertiary alicyclic amines) is 2. The molecule has 3 aliphatic rings. The summed E-state index contributed by atoms with van der Waals surface area (Å²) in [5, 5.41) is 11.3. The molecule has 4 heteroatoms. The highest BCUT2D eigenvalue weighted by Crippen LogP contribution is 2.38. The van der Waals surface area contributed by atoms with Crippen molar-refractivity contribution in [3.63, 3.8) is 0 Å². The first-order valence-electron chi connectivity index (χ1n) is 8.66. The van der Waals surface area contributed by atoms with E-state index in [-0.39, 0.29) is 17.7 Å². The van der Waals surface area contributed by atoms with Crippen LogP contribution in [-0.4, -0.2) is 52.7 Å². The largest absolute Gasteiger partial charge is 0.371 e. The van der Waals surface area contributed by atoms with Gasteiger partial charge >= 0.3 is 0 Å². The standard InChI is InChI=1S/C18H28N2O2/c1-14-7-8-18(22,20-11-5-6-12-20)16(13-14)15(2)17(21)19-9-3-4-10-19/h7-8,13,15-16,22H,3-6,9-12H2,1-2H3. The molecule has 3 atom stereocenters. The minimum absolute atomic E-state index is 0.163. The van der Waals surface area contributed by atoms with E-state index in [1.165, 1.54) is 0 Å². The number of nitrogens with zero attached hydrogens (tertiary/aromatic N) is 2. The van der Waals surface area contributed by atoms with Crippen molar-refractivity contribution in [3.05, 3.63) is 23.8 Å². The van der Waals surface area contributed by atoms with Crippen molar-refractivity contribution in [2.75, 3.05) is 26.2 Å². The summed E-state index contributed by atoms with van der Waals surface area (Å²) in [5.74, 6) is -0.160. The minimum atomic E-state index is -1.01. The molecule has 2 heterocycles. The molecule has 3 rings (SSSR count). The minimum Gasteiger partial charge on any atom is -0.371 e. The van der Waals surface area contributed by atoms with Crippen molar-refractivity contribution in [3.8, 4) is 0 Å². The second-order valence-electron chi connectivity index (χ2n) is 7.07. The Hall–Kier alpha value is -1.13. The van der Waals surface area contributed by atoms with Crippen molar-refractivity contribution in [1.82, 2.24) is 9.80 Å². The Morgan fingerprint density at radius 2 is 1.82 bits per heavy atom. The van der Waals surface area contributed by atoms with Gasteiger partial charge in [0.2, 0.25) is 5.91 Å². The third-order valence-electron chi connectivity index (χ3n) is 5.48. The van der Waals surface area contributed by atoms with Crippen LogP contribution in [0.25, 0.3) is 0 Å². The molecule has 0 radical (unpaired) electrons. The highest BCUT2D eigenvalue weighted by atomic mass is 16.3. The molecular formula is C18H28N2O2. The second-order valence-corrected chi connectivity index (χ2v) is 7.07. The average Bonchev–Trinajstić information content (AvgIpc) is 3.21. The maximum absolute atomic E-state index is 12.8. The number of rotatable bonds is 3. The molecule has 0 saturated carbocycles. The van der Waals surface area contributed by atoms with Gasteiger partial charge in [0.25, 0.3) is 0 Å². The maximum Gasteiger partial charge on any atom is 0.226 e. The van der Waals surface area contributed by atoms with E-state index in [4.69, 9.17) is 0 Å². The predicted molar refractivity (Wildman–Crippen MR) is 87.1 cm³/mol.